The molecule has 0 bridgehead atoms. The molecule has 0 atom stereocenters. The number of aromatic carboxylic acids is 1. The van der Waals surface area contributed by atoms with E-state index in [0.29, 0.717) is 15.7 Å². The molecule has 2 rings (SSSR count). The molecule has 0 aromatic heterocycles. The van der Waals surface area contributed by atoms with Crippen LogP contribution in [-0.2, 0) is 0 Å². The van der Waals surface area contributed by atoms with Crippen molar-refractivity contribution in [3.05, 3.63) is 58.1 Å². The SMILES string of the molecule is N#Cc1ccc(Nc2cccc(C(=O)O)c2)cc1Br. The Balaban J connectivity index is 2.26. The van der Waals surface area contributed by atoms with E-state index < -0.39 is 5.97 Å². The molecule has 19 heavy (non-hydrogen) atoms. The molecule has 0 amide bonds. The average molecular weight is 317 g/mol. The molecule has 0 spiro atoms. The van der Waals surface area contributed by atoms with Crippen molar-refractivity contribution in [3.8, 4) is 6.07 Å². The van der Waals surface area contributed by atoms with E-state index in [-0.39, 0.29) is 5.56 Å². The van der Waals surface area contributed by atoms with E-state index in [2.05, 4.69) is 27.3 Å². The van der Waals surface area contributed by atoms with Crippen LogP contribution in [0.2, 0.25) is 0 Å². The zero-order valence-corrected chi connectivity index (χ0v) is 11.3. The van der Waals surface area contributed by atoms with Crippen molar-refractivity contribution >= 4 is 33.3 Å². The van der Waals surface area contributed by atoms with Gasteiger partial charge in [0.05, 0.1) is 11.1 Å². The summed E-state index contributed by atoms with van der Waals surface area (Å²) in [5, 5.41) is 20.8. The Hall–Kier alpha value is -2.32. The first-order chi connectivity index (χ1) is 9.10. The largest absolute Gasteiger partial charge is 0.478 e. The number of anilines is 2. The molecule has 94 valence electrons. The van der Waals surface area contributed by atoms with Gasteiger partial charge < -0.3 is 10.4 Å². The molecule has 5 heteroatoms. The fourth-order valence-electron chi connectivity index (χ4n) is 1.58. The predicted molar refractivity (Wildman–Crippen MR) is 75.5 cm³/mol. The summed E-state index contributed by atoms with van der Waals surface area (Å²) in [5.74, 6) is -0.968. The highest BCUT2D eigenvalue weighted by atomic mass is 79.9. The number of nitrogens with zero attached hydrogens (tertiary/aromatic N) is 1. The van der Waals surface area contributed by atoms with Crippen LogP contribution in [0.4, 0.5) is 11.4 Å². The number of hydrogen-bond donors (Lipinski definition) is 2. The van der Waals surface area contributed by atoms with Crippen molar-refractivity contribution in [1.29, 1.82) is 5.26 Å². The van der Waals surface area contributed by atoms with E-state index in [4.69, 9.17) is 10.4 Å². The maximum Gasteiger partial charge on any atom is 0.335 e. The molecule has 0 radical (unpaired) electrons. The lowest BCUT2D eigenvalue weighted by atomic mass is 10.2. The van der Waals surface area contributed by atoms with E-state index in [1.165, 1.54) is 6.07 Å². The van der Waals surface area contributed by atoms with Crippen LogP contribution in [-0.4, -0.2) is 11.1 Å². The summed E-state index contributed by atoms with van der Waals surface area (Å²) in [6.45, 7) is 0. The van der Waals surface area contributed by atoms with Crippen LogP contribution in [0.25, 0.3) is 0 Å². The first-order valence-corrected chi connectivity index (χ1v) is 6.19. The van der Waals surface area contributed by atoms with Gasteiger partial charge in [-0.25, -0.2) is 4.79 Å². The van der Waals surface area contributed by atoms with E-state index in [0.717, 1.165) is 5.69 Å². The van der Waals surface area contributed by atoms with E-state index in [1.807, 2.05) is 0 Å². The van der Waals surface area contributed by atoms with Crippen LogP contribution in [0.5, 0.6) is 0 Å². The van der Waals surface area contributed by atoms with Crippen molar-refractivity contribution in [2.75, 3.05) is 5.32 Å². The number of nitriles is 1. The molecule has 0 heterocycles. The normalized spacial score (nSPS) is 9.68. The highest BCUT2D eigenvalue weighted by molar-refractivity contribution is 9.10. The van der Waals surface area contributed by atoms with Gasteiger partial charge in [-0.2, -0.15) is 5.26 Å². The van der Waals surface area contributed by atoms with Crippen LogP contribution >= 0.6 is 15.9 Å². The standard InChI is InChI=1S/C14H9BrN2O2/c15-13-7-12(5-4-10(13)8-16)17-11-3-1-2-9(6-11)14(18)19/h1-7,17H,(H,18,19). The molecule has 2 aromatic rings. The van der Waals surface area contributed by atoms with Gasteiger partial charge in [-0.05, 0) is 52.3 Å². The van der Waals surface area contributed by atoms with Gasteiger partial charge in [0.25, 0.3) is 0 Å². The zero-order valence-electron chi connectivity index (χ0n) is 9.72. The van der Waals surface area contributed by atoms with Gasteiger partial charge in [0.15, 0.2) is 0 Å². The Labute approximate surface area is 118 Å². The van der Waals surface area contributed by atoms with Gasteiger partial charge in [0.1, 0.15) is 6.07 Å². The van der Waals surface area contributed by atoms with Gasteiger partial charge in [-0.3, -0.25) is 0 Å². The Bertz CT molecular complexity index is 677. The Morgan fingerprint density at radius 3 is 2.58 bits per heavy atom. The molecule has 0 aliphatic carbocycles. The maximum absolute atomic E-state index is 10.9. The second-order valence-corrected chi connectivity index (χ2v) is 4.67. The third-order valence-corrected chi connectivity index (χ3v) is 3.14. The zero-order chi connectivity index (χ0) is 13.8. The highest BCUT2D eigenvalue weighted by Crippen LogP contribution is 2.24. The lowest BCUT2D eigenvalue weighted by molar-refractivity contribution is 0.0697. The van der Waals surface area contributed by atoms with Crippen molar-refractivity contribution in [3.63, 3.8) is 0 Å². The number of nitrogens with one attached hydrogen (secondary N) is 1. The summed E-state index contributed by atoms with van der Waals surface area (Å²) in [6, 6.07) is 13.8. The number of carboxylic acids is 1. The van der Waals surface area contributed by atoms with Crippen molar-refractivity contribution in [2.45, 2.75) is 0 Å². The summed E-state index contributed by atoms with van der Waals surface area (Å²) < 4.78 is 0.689. The molecular formula is C14H9BrN2O2. The molecule has 0 saturated heterocycles. The predicted octanol–water partition coefficient (Wildman–Crippen LogP) is 3.76. The molecule has 4 nitrogen and oxygen atoms in total. The van der Waals surface area contributed by atoms with Crippen molar-refractivity contribution < 1.29 is 9.90 Å². The van der Waals surface area contributed by atoms with Gasteiger partial charge >= 0.3 is 5.97 Å². The average Bonchev–Trinajstić information content (AvgIpc) is 2.39. The first kappa shape index (κ1) is 13.1. The van der Waals surface area contributed by atoms with Gasteiger partial charge in [0, 0.05) is 15.8 Å². The molecule has 2 aromatic carbocycles. The fourth-order valence-corrected chi connectivity index (χ4v) is 2.05. The second kappa shape index (κ2) is 5.55. The Kier molecular flexibility index (Phi) is 3.83. The molecule has 0 saturated carbocycles. The van der Waals surface area contributed by atoms with Crippen LogP contribution in [0.15, 0.2) is 46.9 Å². The number of benzene rings is 2. The molecule has 2 N–H and O–H groups in total. The summed E-state index contributed by atoms with van der Waals surface area (Å²) in [6.07, 6.45) is 0. The van der Waals surface area contributed by atoms with Crippen LogP contribution in [0.3, 0.4) is 0 Å². The lowest BCUT2D eigenvalue weighted by Gasteiger charge is -2.08. The van der Waals surface area contributed by atoms with Gasteiger partial charge in [-0.1, -0.05) is 6.07 Å². The third kappa shape index (κ3) is 3.12. The third-order valence-electron chi connectivity index (χ3n) is 2.49. The van der Waals surface area contributed by atoms with E-state index in [1.54, 1.807) is 36.4 Å². The first-order valence-electron chi connectivity index (χ1n) is 5.40. The Morgan fingerprint density at radius 1 is 1.21 bits per heavy atom. The summed E-state index contributed by atoms with van der Waals surface area (Å²) in [4.78, 5) is 10.9. The number of carbonyl (C=O) groups is 1. The number of carboxylic acid groups (broad SMARTS) is 1. The molecule has 0 aliphatic heterocycles. The minimum Gasteiger partial charge on any atom is -0.478 e. The maximum atomic E-state index is 10.9. The minimum absolute atomic E-state index is 0.220. The summed E-state index contributed by atoms with van der Waals surface area (Å²) >= 11 is 3.30. The van der Waals surface area contributed by atoms with Crippen LogP contribution in [0, 0.1) is 11.3 Å². The summed E-state index contributed by atoms with van der Waals surface area (Å²) in [7, 11) is 0. The smallest absolute Gasteiger partial charge is 0.335 e. The number of hydrogen-bond acceptors (Lipinski definition) is 3. The number of rotatable bonds is 3. The van der Waals surface area contributed by atoms with Gasteiger partial charge in [-0.15, -0.1) is 0 Å². The fraction of sp³-hybridized carbons (Fsp3) is 0. The summed E-state index contributed by atoms with van der Waals surface area (Å²) in [5.41, 5.74) is 2.22. The van der Waals surface area contributed by atoms with E-state index >= 15 is 0 Å². The quantitative estimate of drug-likeness (QED) is 0.904. The van der Waals surface area contributed by atoms with Crippen LogP contribution < -0.4 is 5.32 Å². The minimum atomic E-state index is -0.968. The van der Waals surface area contributed by atoms with E-state index in [9.17, 15) is 4.79 Å². The highest BCUT2D eigenvalue weighted by Gasteiger charge is 2.04. The topological polar surface area (TPSA) is 73.1 Å². The Morgan fingerprint density at radius 2 is 1.95 bits per heavy atom. The van der Waals surface area contributed by atoms with Crippen LogP contribution in [0.1, 0.15) is 15.9 Å². The molecule has 0 unspecified atom stereocenters. The van der Waals surface area contributed by atoms with Crippen molar-refractivity contribution in [1.82, 2.24) is 0 Å². The van der Waals surface area contributed by atoms with Gasteiger partial charge in [0.2, 0.25) is 0 Å². The second-order valence-electron chi connectivity index (χ2n) is 3.82. The number of halogens is 1. The molecule has 0 fully saturated rings. The lowest BCUT2D eigenvalue weighted by Crippen LogP contribution is -1.98. The monoisotopic (exact) mass is 316 g/mol. The molecule has 0 aliphatic rings. The van der Waals surface area contributed by atoms with Crippen molar-refractivity contribution in [2.24, 2.45) is 0 Å². The molecular weight excluding hydrogens is 308 g/mol.